The molecule has 1 atom stereocenters. The highest BCUT2D eigenvalue weighted by Crippen LogP contribution is 2.36. The van der Waals surface area contributed by atoms with Crippen molar-refractivity contribution in [2.75, 3.05) is 25.7 Å². The van der Waals surface area contributed by atoms with E-state index >= 15 is 0 Å². The molecular formula is C33H25N3O7S. The molecule has 2 amide bonds. The van der Waals surface area contributed by atoms with E-state index in [9.17, 15) is 24.4 Å². The molecule has 0 N–H and O–H groups in total. The number of ketones is 1. The normalized spacial score (nSPS) is 14.2. The van der Waals surface area contributed by atoms with Crippen molar-refractivity contribution in [1.29, 1.82) is 5.26 Å². The zero-order chi connectivity index (χ0) is 31.2. The molecule has 1 saturated heterocycles. The molecule has 220 valence electrons. The van der Waals surface area contributed by atoms with Crippen LogP contribution in [-0.4, -0.2) is 54.6 Å². The highest BCUT2D eigenvalue weighted by atomic mass is 32.2. The molecule has 0 saturated carbocycles. The summed E-state index contributed by atoms with van der Waals surface area (Å²) < 4.78 is 15.6. The van der Waals surface area contributed by atoms with Crippen molar-refractivity contribution in [1.82, 2.24) is 4.98 Å². The fourth-order valence-corrected chi connectivity index (χ4v) is 5.63. The summed E-state index contributed by atoms with van der Waals surface area (Å²) in [5.74, 6) is -1.22. The Morgan fingerprint density at radius 3 is 2.32 bits per heavy atom. The number of nitrogens with zero attached hydrogens (tertiary/aromatic N) is 3. The number of carbonyl (C=O) groups is 4. The second-order valence-corrected chi connectivity index (χ2v) is 10.7. The lowest BCUT2D eigenvalue weighted by molar-refractivity contribution is -0.121. The molecule has 5 rings (SSSR count). The van der Waals surface area contributed by atoms with Gasteiger partial charge in [-0.2, -0.15) is 5.26 Å². The molecule has 11 heteroatoms. The lowest BCUT2D eigenvalue weighted by Crippen LogP contribution is -2.31. The number of pyridine rings is 1. The minimum atomic E-state index is -0.777. The predicted molar refractivity (Wildman–Crippen MR) is 162 cm³/mol. The SMILES string of the molecule is COc1ccc(C(=O)COC(=O)c2ccc(N3C(=O)CC(Sc4nc(-c5ccccc5)ccc4C#N)C3=O)cc2)cc1OC. The Kier molecular flexibility index (Phi) is 9.02. The van der Waals surface area contributed by atoms with Gasteiger partial charge in [-0.15, -0.1) is 0 Å². The summed E-state index contributed by atoms with van der Waals surface area (Å²) in [6.45, 7) is -0.498. The first kappa shape index (κ1) is 30.0. The monoisotopic (exact) mass is 607 g/mol. The predicted octanol–water partition coefficient (Wildman–Crippen LogP) is 5.10. The highest BCUT2D eigenvalue weighted by Gasteiger charge is 2.41. The van der Waals surface area contributed by atoms with Gasteiger partial charge in [0.15, 0.2) is 23.9 Å². The topological polar surface area (TPSA) is 136 Å². The number of amides is 2. The molecule has 0 bridgehead atoms. The van der Waals surface area contributed by atoms with E-state index in [4.69, 9.17) is 14.2 Å². The van der Waals surface area contributed by atoms with Crippen molar-refractivity contribution in [3.05, 3.63) is 102 Å². The maximum Gasteiger partial charge on any atom is 0.338 e. The lowest BCUT2D eigenvalue weighted by atomic mass is 10.1. The lowest BCUT2D eigenvalue weighted by Gasteiger charge is -2.15. The summed E-state index contributed by atoms with van der Waals surface area (Å²) in [6, 6.07) is 25.3. The average Bonchev–Trinajstić information content (AvgIpc) is 3.34. The van der Waals surface area contributed by atoms with E-state index in [0.717, 1.165) is 22.2 Å². The highest BCUT2D eigenvalue weighted by molar-refractivity contribution is 8.00. The number of aromatic nitrogens is 1. The number of anilines is 1. The van der Waals surface area contributed by atoms with Crippen molar-refractivity contribution >= 4 is 41.0 Å². The molecule has 1 unspecified atom stereocenters. The second-order valence-electron chi connectivity index (χ2n) is 9.52. The van der Waals surface area contributed by atoms with Gasteiger partial charge in [-0.25, -0.2) is 14.7 Å². The number of Topliss-reactive ketones (excluding diaryl/α,β-unsaturated/α-hetero) is 1. The van der Waals surface area contributed by atoms with Crippen molar-refractivity contribution < 1.29 is 33.4 Å². The van der Waals surface area contributed by atoms with Gasteiger partial charge in [0.1, 0.15) is 11.1 Å². The summed E-state index contributed by atoms with van der Waals surface area (Å²) >= 11 is 1.07. The Bertz CT molecular complexity index is 1790. The van der Waals surface area contributed by atoms with Gasteiger partial charge in [0.2, 0.25) is 11.8 Å². The third-order valence-corrected chi connectivity index (χ3v) is 8.00. The molecule has 1 fully saturated rings. The molecule has 10 nitrogen and oxygen atoms in total. The number of methoxy groups -OCH3 is 2. The van der Waals surface area contributed by atoms with Crippen LogP contribution in [-0.2, 0) is 14.3 Å². The second kappa shape index (κ2) is 13.2. The summed E-state index contributed by atoms with van der Waals surface area (Å²) in [4.78, 5) is 57.1. The maximum atomic E-state index is 13.3. The molecule has 0 radical (unpaired) electrons. The van der Waals surface area contributed by atoms with E-state index in [-0.39, 0.29) is 23.2 Å². The maximum absolute atomic E-state index is 13.3. The van der Waals surface area contributed by atoms with Crippen molar-refractivity contribution in [2.24, 2.45) is 0 Å². The Morgan fingerprint density at radius 1 is 0.932 bits per heavy atom. The van der Waals surface area contributed by atoms with Gasteiger partial charge in [0, 0.05) is 17.5 Å². The van der Waals surface area contributed by atoms with Crippen molar-refractivity contribution in [2.45, 2.75) is 16.7 Å². The van der Waals surface area contributed by atoms with E-state index in [0.29, 0.717) is 27.8 Å². The quantitative estimate of drug-likeness (QED) is 0.136. The fourth-order valence-electron chi connectivity index (χ4n) is 4.54. The molecule has 1 aromatic heterocycles. The van der Waals surface area contributed by atoms with Crippen LogP contribution < -0.4 is 14.4 Å². The molecular weight excluding hydrogens is 582 g/mol. The van der Waals surface area contributed by atoms with Gasteiger partial charge in [-0.1, -0.05) is 42.1 Å². The van der Waals surface area contributed by atoms with Crippen molar-refractivity contribution in [3.8, 4) is 28.8 Å². The first-order valence-corrected chi connectivity index (χ1v) is 14.2. The third-order valence-electron chi connectivity index (χ3n) is 6.81. The van der Waals surface area contributed by atoms with Crippen LogP contribution in [0.25, 0.3) is 11.3 Å². The van der Waals surface area contributed by atoms with Crippen LogP contribution in [0.1, 0.15) is 32.7 Å². The van der Waals surface area contributed by atoms with Crippen LogP contribution in [0.2, 0.25) is 0 Å². The average molecular weight is 608 g/mol. The summed E-state index contributed by atoms with van der Waals surface area (Å²) in [6.07, 6.45) is -0.0757. The molecule has 0 aliphatic carbocycles. The van der Waals surface area contributed by atoms with E-state index in [1.165, 1.54) is 44.6 Å². The largest absolute Gasteiger partial charge is 0.493 e. The van der Waals surface area contributed by atoms with Gasteiger partial charge in [0.05, 0.1) is 42.0 Å². The van der Waals surface area contributed by atoms with Gasteiger partial charge in [-0.3, -0.25) is 14.4 Å². The number of hydrogen-bond acceptors (Lipinski definition) is 10. The van der Waals surface area contributed by atoms with Crippen LogP contribution in [0, 0.1) is 11.3 Å². The van der Waals surface area contributed by atoms with Gasteiger partial charge in [-0.05, 0) is 54.6 Å². The molecule has 1 aliphatic heterocycles. The number of esters is 1. The molecule has 44 heavy (non-hydrogen) atoms. The fraction of sp³-hybridized carbons (Fsp3) is 0.152. The molecule has 0 spiro atoms. The van der Waals surface area contributed by atoms with Gasteiger partial charge in [0.25, 0.3) is 0 Å². The number of thioether (sulfide) groups is 1. The minimum absolute atomic E-state index is 0.0757. The number of carbonyl (C=O) groups excluding carboxylic acids is 4. The summed E-state index contributed by atoms with van der Waals surface area (Å²) in [7, 11) is 2.93. The third kappa shape index (κ3) is 6.30. The van der Waals surface area contributed by atoms with Gasteiger partial charge < -0.3 is 14.2 Å². The van der Waals surface area contributed by atoms with Crippen LogP contribution in [0.4, 0.5) is 5.69 Å². The van der Waals surface area contributed by atoms with Crippen LogP contribution >= 0.6 is 11.8 Å². The first-order valence-electron chi connectivity index (χ1n) is 13.4. The number of imide groups is 1. The summed E-state index contributed by atoms with van der Waals surface area (Å²) in [5.41, 5.74) is 2.52. The molecule has 3 aromatic carbocycles. The zero-order valence-electron chi connectivity index (χ0n) is 23.7. The van der Waals surface area contributed by atoms with E-state index in [1.54, 1.807) is 24.3 Å². The first-order chi connectivity index (χ1) is 21.3. The van der Waals surface area contributed by atoms with Crippen LogP contribution in [0.15, 0.2) is 90.0 Å². The Labute approximate surface area is 257 Å². The van der Waals surface area contributed by atoms with E-state index < -0.39 is 35.4 Å². The zero-order valence-corrected chi connectivity index (χ0v) is 24.5. The molecule has 1 aliphatic rings. The molecule has 2 heterocycles. The van der Waals surface area contributed by atoms with Crippen LogP contribution in [0.3, 0.4) is 0 Å². The number of nitriles is 1. The number of benzene rings is 3. The number of hydrogen-bond donors (Lipinski definition) is 0. The molecule has 4 aromatic rings. The Morgan fingerprint density at radius 2 is 1.64 bits per heavy atom. The van der Waals surface area contributed by atoms with E-state index in [1.807, 2.05) is 30.3 Å². The summed E-state index contributed by atoms with van der Waals surface area (Å²) in [5, 5.41) is 9.19. The minimum Gasteiger partial charge on any atom is -0.493 e. The number of rotatable bonds is 10. The Balaban J connectivity index is 1.24. The van der Waals surface area contributed by atoms with Crippen LogP contribution in [0.5, 0.6) is 11.5 Å². The Hall–Kier alpha value is -5.47. The number of ether oxygens (including phenoxy) is 3. The van der Waals surface area contributed by atoms with Crippen molar-refractivity contribution in [3.63, 3.8) is 0 Å². The van der Waals surface area contributed by atoms with Gasteiger partial charge >= 0.3 is 5.97 Å². The smallest absolute Gasteiger partial charge is 0.338 e. The van der Waals surface area contributed by atoms with E-state index in [2.05, 4.69) is 11.1 Å². The standard InChI is InChI=1S/C33H25N3O7S/c1-41-27-15-11-22(16-28(27)42-2)26(37)19-43-33(40)21-8-12-24(13-9-21)36-30(38)17-29(32(36)39)44-31-23(18-34)10-14-25(35-31)20-6-4-3-5-7-20/h3-16,29H,17,19H2,1-2H3.